The molecule has 0 unspecified atom stereocenters. The molecule has 1 aromatic rings. The highest BCUT2D eigenvalue weighted by Crippen LogP contribution is 2.22. The summed E-state index contributed by atoms with van der Waals surface area (Å²) in [4.78, 5) is 0. The minimum atomic E-state index is -3.37. The minimum Gasteiger partial charge on any atom is -0.212 e. The van der Waals surface area contributed by atoms with Crippen LogP contribution in [-0.2, 0) is 28.3 Å². The summed E-state index contributed by atoms with van der Waals surface area (Å²) in [5.74, 6) is 0.0212. The van der Waals surface area contributed by atoms with Crippen LogP contribution in [-0.4, -0.2) is 14.2 Å². The van der Waals surface area contributed by atoms with Crippen molar-refractivity contribution in [3.05, 3.63) is 34.9 Å². The van der Waals surface area contributed by atoms with Gasteiger partial charge in [-0.05, 0) is 48.8 Å². The number of fused-ring (bicyclic) bond motifs is 1. The molecule has 0 atom stereocenters. The molecule has 0 spiro atoms. The van der Waals surface area contributed by atoms with Crippen molar-refractivity contribution < 1.29 is 8.42 Å². The molecule has 1 aromatic carbocycles. The highest BCUT2D eigenvalue weighted by atomic mass is 35.7. The van der Waals surface area contributed by atoms with Gasteiger partial charge in [0, 0.05) is 10.7 Å². The van der Waals surface area contributed by atoms with E-state index in [0.29, 0.717) is 6.42 Å². The van der Waals surface area contributed by atoms with Crippen LogP contribution in [0.1, 0.15) is 29.5 Å². The average Bonchev–Trinajstić information content (AvgIpc) is 2.25. The highest BCUT2D eigenvalue weighted by Gasteiger charge is 2.11. The largest absolute Gasteiger partial charge is 0.232 e. The molecular weight excluding hydrogens is 244 g/mol. The molecule has 88 valence electrons. The molecule has 0 amide bonds. The van der Waals surface area contributed by atoms with Gasteiger partial charge in [-0.2, -0.15) is 0 Å². The summed E-state index contributed by atoms with van der Waals surface area (Å²) in [6, 6.07) is 6.29. The second kappa shape index (κ2) is 4.76. The van der Waals surface area contributed by atoms with E-state index in [1.165, 1.54) is 24.0 Å². The van der Waals surface area contributed by atoms with Crippen LogP contribution >= 0.6 is 10.7 Å². The van der Waals surface area contributed by atoms with Crippen LogP contribution in [0.15, 0.2) is 18.2 Å². The molecule has 0 saturated carbocycles. The molecule has 0 saturated heterocycles. The molecule has 1 aliphatic carbocycles. The fourth-order valence-electron chi connectivity index (χ4n) is 2.18. The van der Waals surface area contributed by atoms with Crippen LogP contribution in [0.25, 0.3) is 0 Å². The first-order valence-corrected chi connectivity index (χ1v) is 8.05. The zero-order chi connectivity index (χ0) is 11.6. The first-order chi connectivity index (χ1) is 7.54. The predicted octanol–water partition coefficient (Wildman–Crippen LogP) is 2.68. The van der Waals surface area contributed by atoms with Crippen LogP contribution < -0.4 is 0 Å². The van der Waals surface area contributed by atoms with E-state index in [1.54, 1.807) is 0 Å². The van der Waals surface area contributed by atoms with Crippen LogP contribution in [0.4, 0.5) is 0 Å². The maximum atomic E-state index is 10.9. The van der Waals surface area contributed by atoms with Crippen LogP contribution in [0.2, 0.25) is 0 Å². The number of benzene rings is 1. The average molecular weight is 259 g/mol. The van der Waals surface area contributed by atoms with Crippen molar-refractivity contribution in [1.82, 2.24) is 0 Å². The predicted molar refractivity (Wildman–Crippen MR) is 66.4 cm³/mol. The highest BCUT2D eigenvalue weighted by molar-refractivity contribution is 8.13. The Kier molecular flexibility index (Phi) is 3.55. The van der Waals surface area contributed by atoms with Crippen molar-refractivity contribution in [1.29, 1.82) is 0 Å². The zero-order valence-electron chi connectivity index (χ0n) is 9.08. The van der Waals surface area contributed by atoms with Crippen LogP contribution in [0, 0.1) is 0 Å². The van der Waals surface area contributed by atoms with Crippen LogP contribution in [0.5, 0.6) is 0 Å². The third kappa shape index (κ3) is 3.22. The van der Waals surface area contributed by atoms with Gasteiger partial charge in [-0.15, -0.1) is 0 Å². The van der Waals surface area contributed by atoms with E-state index in [2.05, 4.69) is 12.1 Å². The van der Waals surface area contributed by atoms with Gasteiger partial charge in [0.25, 0.3) is 0 Å². The Balaban J connectivity index is 2.11. The summed E-state index contributed by atoms with van der Waals surface area (Å²) >= 11 is 0. The SMILES string of the molecule is O=S(=O)(Cl)CCc1ccc2c(c1)CCCC2. The van der Waals surface area contributed by atoms with Gasteiger partial charge in [0.2, 0.25) is 9.05 Å². The molecule has 2 nitrogen and oxygen atoms in total. The summed E-state index contributed by atoms with van der Waals surface area (Å²) in [6.07, 6.45) is 5.30. The summed E-state index contributed by atoms with van der Waals surface area (Å²) in [6.45, 7) is 0. The van der Waals surface area contributed by atoms with Gasteiger partial charge in [-0.25, -0.2) is 8.42 Å². The van der Waals surface area contributed by atoms with Gasteiger partial charge in [0.15, 0.2) is 0 Å². The Labute approximate surface area is 101 Å². The van der Waals surface area contributed by atoms with Gasteiger partial charge in [0.1, 0.15) is 0 Å². The first kappa shape index (κ1) is 11.9. The maximum absolute atomic E-state index is 10.9. The molecule has 0 aliphatic heterocycles. The monoisotopic (exact) mass is 258 g/mol. The second-order valence-electron chi connectivity index (χ2n) is 4.30. The molecular formula is C12H15ClO2S. The summed E-state index contributed by atoms with van der Waals surface area (Å²) < 4.78 is 21.7. The number of hydrogen-bond acceptors (Lipinski definition) is 2. The summed E-state index contributed by atoms with van der Waals surface area (Å²) in [7, 11) is 1.83. The quantitative estimate of drug-likeness (QED) is 0.782. The fraction of sp³-hybridized carbons (Fsp3) is 0.500. The van der Waals surface area contributed by atoms with E-state index in [1.807, 2.05) is 6.07 Å². The summed E-state index contributed by atoms with van der Waals surface area (Å²) in [5.41, 5.74) is 3.88. The normalized spacial score (nSPS) is 15.8. The number of rotatable bonds is 3. The molecule has 0 N–H and O–H groups in total. The fourth-order valence-corrected chi connectivity index (χ4v) is 2.89. The maximum Gasteiger partial charge on any atom is 0.232 e. The van der Waals surface area contributed by atoms with Gasteiger partial charge in [-0.3, -0.25) is 0 Å². The van der Waals surface area contributed by atoms with Crippen molar-refractivity contribution in [2.45, 2.75) is 32.1 Å². The third-order valence-corrected chi connectivity index (χ3v) is 4.20. The third-order valence-electron chi connectivity index (χ3n) is 3.05. The molecule has 4 heteroatoms. The van der Waals surface area contributed by atoms with E-state index in [9.17, 15) is 8.42 Å². The number of hydrogen-bond donors (Lipinski definition) is 0. The molecule has 0 aromatic heterocycles. The van der Waals surface area contributed by atoms with Gasteiger partial charge >= 0.3 is 0 Å². The van der Waals surface area contributed by atoms with E-state index in [4.69, 9.17) is 10.7 Å². The van der Waals surface area contributed by atoms with Gasteiger partial charge in [-0.1, -0.05) is 18.2 Å². The van der Waals surface area contributed by atoms with Gasteiger partial charge < -0.3 is 0 Å². The Morgan fingerprint density at radius 1 is 1.12 bits per heavy atom. The molecule has 0 radical (unpaired) electrons. The van der Waals surface area contributed by atoms with Crippen LogP contribution in [0.3, 0.4) is 0 Å². The lowest BCUT2D eigenvalue weighted by molar-refractivity contribution is 0.609. The molecule has 0 bridgehead atoms. The molecule has 1 aliphatic rings. The second-order valence-corrected chi connectivity index (χ2v) is 7.20. The lowest BCUT2D eigenvalue weighted by atomic mass is 9.90. The van der Waals surface area contributed by atoms with E-state index in [0.717, 1.165) is 18.4 Å². The lowest BCUT2D eigenvalue weighted by Gasteiger charge is -2.16. The topological polar surface area (TPSA) is 34.1 Å². The number of aryl methyl sites for hydroxylation is 3. The Hall–Kier alpha value is -0.540. The van der Waals surface area contributed by atoms with E-state index < -0.39 is 9.05 Å². The van der Waals surface area contributed by atoms with Crippen molar-refractivity contribution in [2.24, 2.45) is 0 Å². The first-order valence-electron chi connectivity index (χ1n) is 5.58. The minimum absolute atomic E-state index is 0.0212. The Morgan fingerprint density at radius 3 is 2.50 bits per heavy atom. The zero-order valence-corrected chi connectivity index (χ0v) is 10.6. The van der Waals surface area contributed by atoms with Gasteiger partial charge in [0.05, 0.1) is 5.75 Å². The summed E-state index contributed by atoms with van der Waals surface area (Å²) in [5, 5.41) is 0. The molecule has 0 fully saturated rings. The van der Waals surface area contributed by atoms with Crippen molar-refractivity contribution in [3.63, 3.8) is 0 Å². The standard InChI is InChI=1S/C12H15ClO2S/c13-16(14,15)8-7-10-5-6-11-3-1-2-4-12(11)9-10/h5-6,9H,1-4,7-8H2. The molecule has 16 heavy (non-hydrogen) atoms. The Morgan fingerprint density at radius 2 is 1.81 bits per heavy atom. The van der Waals surface area contributed by atoms with Crippen molar-refractivity contribution in [3.8, 4) is 0 Å². The Bertz CT molecular complexity index is 480. The molecule has 0 heterocycles. The number of halogens is 1. The van der Waals surface area contributed by atoms with Crippen molar-refractivity contribution in [2.75, 3.05) is 5.75 Å². The van der Waals surface area contributed by atoms with E-state index >= 15 is 0 Å². The molecule has 2 rings (SSSR count). The smallest absolute Gasteiger partial charge is 0.212 e. The van der Waals surface area contributed by atoms with E-state index in [-0.39, 0.29) is 5.75 Å². The van der Waals surface area contributed by atoms with Crippen molar-refractivity contribution >= 4 is 19.7 Å². The lowest BCUT2D eigenvalue weighted by Crippen LogP contribution is -2.05.